The number of aliphatic hydroxyl groups excluding tert-OH is 1. The molecule has 4 nitrogen and oxygen atoms in total. The van der Waals surface area contributed by atoms with Crippen LogP contribution in [-0.2, 0) is 4.74 Å². The highest BCUT2D eigenvalue weighted by Gasteiger charge is 2.27. The Kier molecular flexibility index (Phi) is 3.64. The predicted molar refractivity (Wildman–Crippen MR) is 65.2 cm³/mol. The molecule has 1 unspecified atom stereocenters. The second-order valence-electron chi connectivity index (χ2n) is 4.18. The lowest BCUT2D eigenvalue weighted by atomic mass is 10.1. The number of anilines is 1. The fourth-order valence-electron chi connectivity index (χ4n) is 2.35. The quantitative estimate of drug-likeness (QED) is 0.805. The number of benzene rings is 1. The maximum Gasteiger partial charge on any atom is 0.339 e. The number of carbonyl (C=O) groups excluding carboxylic acids is 1. The van der Waals surface area contributed by atoms with E-state index in [9.17, 15) is 9.90 Å². The summed E-state index contributed by atoms with van der Waals surface area (Å²) in [6, 6.07) is 7.49. The summed E-state index contributed by atoms with van der Waals surface area (Å²) >= 11 is 0. The van der Waals surface area contributed by atoms with Crippen LogP contribution in [0.15, 0.2) is 24.3 Å². The number of esters is 1. The molecule has 0 saturated carbocycles. The molecule has 0 aromatic heterocycles. The van der Waals surface area contributed by atoms with Crippen LogP contribution in [0.2, 0.25) is 0 Å². The minimum absolute atomic E-state index is 0.112. The number of para-hydroxylation sites is 1. The second kappa shape index (κ2) is 5.19. The minimum atomic E-state index is -0.329. The lowest BCUT2D eigenvalue weighted by Gasteiger charge is -2.26. The number of hydrogen-bond acceptors (Lipinski definition) is 4. The van der Waals surface area contributed by atoms with Crippen molar-refractivity contribution in [3.8, 4) is 0 Å². The molecule has 1 aromatic carbocycles. The maximum absolute atomic E-state index is 11.7. The molecule has 0 amide bonds. The molecule has 1 aliphatic heterocycles. The minimum Gasteiger partial charge on any atom is -0.465 e. The first-order chi connectivity index (χ1) is 8.27. The lowest BCUT2D eigenvalue weighted by molar-refractivity contribution is 0.0601. The fourth-order valence-corrected chi connectivity index (χ4v) is 2.35. The Balaban J connectivity index is 2.34. The summed E-state index contributed by atoms with van der Waals surface area (Å²) in [6.45, 7) is 0.995. The van der Waals surface area contributed by atoms with Gasteiger partial charge in [-0.1, -0.05) is 12.1 Å². The Morgan fingerprint density at radius 2 is 2.29 bits per heavy atom. The van der Waals surface area contributed by atoms with Gasteiger partial charge in [0.1, 0.15) is 0 Å². The first-order valence-electron chi connectivity index (χ1n) is 5.82. The van der Waals surface area contributed by atoms with Gasteiger partial charge < -0.3 is 14.7 Å². The Hall–Kier alpha value is -1.55. The van der Waals surface area contributed by atoms with E-state index in [1.165, 1.54) is 7.11 Å². The van der Waals surface area contributed by atoms with E-state index in [0.717, 1.165) is 25.1 Å². The highest BCUT2D eigenvalue weighted by molar-refractivity contribution is 5.95. The van der Waals surface area contributed by atoms with Crippen molar-refractivity contribution in [2.45, 2.75) is 18.9 Å². The number of hydrogen-bond donors (Lipinski definition) is 1. The smallest absolute Gasteiger partial charge is 0.339 e. The van der Waals surface area contributed by atoms with Crippen LogP contribution >= 0.6 is 0 Å². The van der Waals surface area contributed by atoms with Gasteiger partial charge in [-0.3, -0.25) is 0 Å². The number of carbonyl (C=O) groups is 1. The van der Waals surface area contributed by atoms with Crippen molar-refractivity contribution in [3.05, 3.63) is 29.8 Å². The van der Waals surface area contributed by atoms with E-state index in [2.05, 4.69) is 4.90 Å². The molecule has 4 heteroatoms. The second-order valence-corrected chi connectivity index (χ2v) is 4.18. The summed E-state index contributed by atoms with van der Waals surface area (Å²) < 4.78 is 4.78. The topological polar surface area (TPSA) is 49.8 Å². The van der Waals surface area contributed by atoms with E-state index in [1.54, 1.807) is 6.07 Å². The van der Waals surface area contributed by atoms with Gasteiger partial charge in [0.15, 0.2) is 0 Å². The van der Waals surface area contributed by atoms with Gasteiger partial charge in [-0.05, 0) is 25.0 Å². The zero-order chi connectivity index (χ0) is 12.3. The summed E-state index contributed by atoms with van der Waals surface area (Å²) in [4.78, 5) is 13.8. The maximum atomic E-state index is 11.7. The molecule has 1 aromatic rings. The summed E-state index contributed by atoms with van der Waals surface area (Å²) in [5, 5.41) is 9.33. The highest BCUT2D eigenvalue weighted by Crippen LogP contribution is 2.28. The van der Waals surface area contributed by atoms with E-state index < -0.39 is 0 Å². The molecule has 2 rings (SSSR count). The van der Waals surface area contributed by atoms with Crippen molar-refractivity contribution in [2.24, 2.45) is 0 Å². The van der Waals surface area contributed by atoms with Crippen molar-refractivity contribution < 1.29 is 14.6 Å². The predicted octanol–water partition coefficient (Wildman–Crippen LogP) is 1.43. The summed E-state index contributed by atoms with van der Waals surface area (Å²) in [6.07, 6.45) is 2.01. The molecule has 92 valence electrons. The zero-order valence-electron chi connectivity index (χ0n) is 9.93. The molecule has 0 aliphatic carbocycles. The normalized spacial score (nSPS) is 19.4. The van der Waals surface area contributed by atoms with E-state index in [4.69, 9.17) is 4.74 Å². The number of ether oxygens (including phenoxy) is 1. The summed E-state index contributed by atoms with van der Waals surface area (Å²) in [5.41, 5.74) is 1.42. The molecule has 0 spiro atoms. The molecule has 1 fully saturated rings. The largest absolute Gasteiger partial charge is 0.465 e. The molecule has 1 atom stereocenters. The van der Waals surface area contributed by atoms with Crippen molar-refractivity contribution in [2.75, 3.05) is 25.2 Å². The van der Waals surface area contributed by atoms with Crippen LogP contribution in [0.25, 0.3) is 0 Å². The van der Waals surface area contributed by atoms with Crippen LogP contribution in [0.5, 0.6) is 0 Å². The van der Waals surface area contributed by atoms with E-state index in [0.29, 0.717) is 5.56 Å². The van der Waals surface area contributed by atoms with Gasteiger partial charge in [0.2, 0.25) is 0 Å². The molecule has 1 saturated heterocycles. The van der Waals surface area contributed by atoms with Gasteiger partial charge in [0.05, 0.1) is 31.0 Å². The van der Waals surface area contributed by atoms with Crippen molar-refractivity contribution in [3.63, 3.8) is 0 Å². The number of methoxy groups -OCH3 is 1. The van der Waals surface area contributed by atoms with Crippen molar-refractivity contribution in [1.29, 1.82) is 0 Å². The Labute approximate surface area is 101 Å². The first-order valence-corrected chi connectivity index (χ1v) is 5.82. The van der Waals surface area contributed by atoms with Gasteiger partial charge in [-0.2, -0.15) is 0 Å². The Morgan fingerprint density at radius 3 is 3.00 bits per heavy atom. The first kappa shape index (κ1) is 11.9. The average molecular weight is 235 g/mol. The third kappa shape index (κ3) is 2.26. The van der Waals surface area contributed by atoms with Crippen LogP contribution in [0.4, 0.5) is 5.69 Å². The monoisotopic (exact) mass is 235 g/mol. The third-order valence-electron chi connectivity index (χ3n) is 3.21. The number of nitrogens with zero attached hydrogens (tertiary/aromatic N) is 1. The van der Waals surface area contributed by atoms with E-state index in [1.807, 2.05) is 18.2 Å². The summed E-state index contributed by atoms with van der Waals surface area (Å²) in [5.74, 6) is -0.329. The molecule has 17 heavy (non-hydrogen) atoms. The lowest BCUT2D eigenvalue weighted by Crippen LogP contribution is -2.33. The average Bonchev–Trinajstić information content (AvgIpc) is 2.86. The van der Waals surface area contributed by atoms with Crippen LogP contribution in [0.1, 0.15) is 23.2 Å². The van der Waals surface area contributed by atoms with Crippen LogP contribution in [0, 0.1) is 0 Å². The van der Waals surface area contributed by atoms with Gasteiger partial charge in [0.25, 0.3) is 0 Å². The highest BCUT2D eigenvalue weighted by atomic mass is 16.5. The van der Waals surface area contributed by atoms with Gasteiger partial charge in [-0.15, -0.1) is 0 Å². The third-order valence-corrected chi connectivity index (χ3v) is 3.21. The van der Waals surface area contributed by atoms with E-state index in [-0.39, 0.29) is 18.6 Å². The molecule has 1 N–H and O–H groups in total. The van der Waals surface area contributed by atoms with Gasteiger partial charge in [-0.25, -0.2) is 4.79 Å². The number of rotatable bonds is 3. The van der Waals surface area contributed by atoms with Crippen LogP contribution in [0.3, 0.4) is 0 Å². The van der Waals surface area contributed by atoms with Crippen molar-refractivity contribution >= 4 is 11.7 Å². The van der Waals surface area contributed by atoms with Crippen LogP contribution in [-0.4, -0.2) is 37.4 Å². The van der Waals surface area contributed by atoms with E-state index >= 15 is 0 Å². The molecule has 0 radical (unpaired) electrons. The molecular formula is C13H17NO3. The standard InChI is InChI=1S/C13H17NO3/c1-17-13(16)11-6-2-3-7-12(11)14-8-4-5-10(14)9-15/h2-3,6-7,10,15H,4-5,8-9H2,1H3. The van der Waals surface area contributed by atoms with Gasteiger partial charge >= 0.3 is 5.97 Å². The fraction of sp³-hybridized carbons (Fsp3) is 0.462. The molecule has 1 aliphatic rings. The molecule has 1 heterocycles. The zero-order valence-corrected chi connectivity index (χ0v) is 9.93. The number of aliphatic hydroxyl groups is 1. The Morgan fingerprint density at radius 1 is 1.53 bits per heavy atom. The Bertz CT molecular complexity index is 405. The molecule has 0 bridgehead atoms. The molecular weight excluding hydrogens is 218 g/mol. The summed E-state index contributed by atoms with van der Waals surface area (Å²) in [7, 11) is 1.38. The SMILES string of the molecule is COC(=O)c1ccccc1N1CCCC1CO. The van der Waals surface area contributed by atoms with Crippen molar-refractivity contribution in [1.82, 2.24) is 0 Å². The van der Waals surface area contributed by atoms with Crippen LogP contribution < -0.4 is 4.90 Å². The van der Waals surface area contributed by atoms with Gasteiger partial charge in [0, 0.05) is 6.54 Å².